The first-order valence-corrected chi connectivity index (χ1v) is 13.2. The van der Waals surface area contributed by atoms with Crippen LogP contribution in [0.3, 0.4) is 0 Å². The van der Waals surface area contributed by atoms with Crippen LogP contribution < -0.4 is 16.5 Å². The van der Waals surface area contributed by atoms with E-state index in [1.165, 1.54) is 40.8 Å². The van der Waals surface area contributed by atoms with E-state index in [1.807, 2.05) is 0 Å². The van der Waals surface area contributed by atoms with Crippen molar-refractivity contribution < 1.29 is 29.1 Å². The molecule has 5 heterocycles. The lowest BCUT2D eigenvalue weighted by molar-refractivity contribution is -0.150. The molecule has 2 atom stereocenters. The average molecular weight is 552 g/mol. The molecule has 2 aliphatic rings. The molecule has 3 aromatic heterocycles. The van der Waals surface area contributed by atoms with E-state index in [9.17, 15) is 29.5 Å². The Labute approximate surface area is 211 Å². The summed E-state index contributed by atoms with van der Waals surface area (Å²) < 4.78 is 6.35. The maximum Gasteiger partial charge on any atom is 0.353 e. The number of carboxylic acid groups (broad SMARTS) is 1. The fourth-order valence-electron chi connectivity index (χ4n) is 3.53. The quantitative estimate of drug-likeness (QED) is 0.151. The van der Waals surface area contributed by atoms with Gasteiger partial charge in [-0.3, -0.25) is 19.3 Å². The summed E-state index contributed by atoms with van der Waals surface area (Å²) in [6.07, 6.45) is 1.41. The zero-order chi connectivity index (χ0) is 24.9. The number of carbonyl (C=O) groups excluding carboxylic acids is 2. The lowest BCUT2D eigenvalue weighted by atomic mass is 10.0. The van der Waals surface area contributed by atoms with E-state index in [-0.39, 0.29) is 33.3 Å². The van der Waals surface area contributed by atoms with Gasteiger partial charge in [-0.05, 0) is 6.07 Å². The minimum absolute atomic E-state index is 0.0471. The van der Waals surface area contributed by atoms with Gasteiger partial charge in [0.05, 0.1) is 15.2 Å². The number of amides is 2. The number of β-lactam (4-membered cyclic amide) rings is 1. The SMILES string of the molecule is Nc1nc(/C(=N\O)C(=O)NC2C(=O)N3C(C(=O)O)=C(Sc4cc(=O)c5occc5s4)CS[C@H]23)cs1. The number of furan rings is 1. The highest BCUT2D eigenvalue weighted by molar-refractivity contribution is 8.07. The first kappa shape index (κ1) is 23.4. The molecule has 12 nitrogen and oxygen atoms in total. The predicted molar refractivity (Wildman–Crippen MR) is 131 cm³/mol. The van der Waals surface area contributed by atoms with E-state index in [4.69, 9.17) is 10.2 Å². The summed E-state index contributed by atoms with van der Waals surface area (Å²) in [6, 6.07) is 1.99. The second kappa shape index (κ2) is 9.03. The number of oxime groups is 1. The fourth-order valence-corrected chi connectivity index (χ4v) is 7.89. The van der Waals surface area contributed by atoms with Crippen LogP contribution in [-0.4, -0.2) is 60.9 Å². The van der Waals surface area contributed by atoms with Gasteiger partial charge >= 0.3 is 5.97 Å². The van der Waals surface area contributed by atoms with E-state index in [1.54, 1.807) is 6.07 Å². The van der Waals surface area contributed by atoms with Gasteiger partial charge in [-0.25, -0.2) is 9.78 Å². The molecule has 180 valence electrons. The molecular weight excluding hydrogens is 539 g/mol. The van der Waals surface area contributed by atoms with Crippen molar-refractivity contribution in [1.82, 2.24) is 15.2 Å². The number of carboxylic acids is 1. The van der Waals surface area contributed by atoms with Crippen LogP contribution in [0.1, 0.15) is 5.69 Å². The van der Waals surface area contributed by atoms with Gasteiger partial charge in [0.25, 0.3) is 11.8 Å². The molecule has 0 bridgehead atoms. The van der Waals surface area contributed by atoms with Gasteiger partial charge < -0.3 is 25.8 Å². The number of hydrogen-bond acceptors (Lipinski definition) is 13. The number of aliphatic carboxylic acids is 1. The maximum atomic E-state index is 12.9. The first-order chi connectivity index (χ1) is 16.8. The zero-order valence-electron chi connectivity index (χ0n) is 17.2. The van der Waals surface area contributed by atoms with E-state index in [0.29, 0.717) is 13.8 Å². The second-order valence-corrected chi connectivity index (χ2v) is 11.6. The number of thioether (sulfide) groups is 2. The topological polar surface area (TPSA) is 188 Å². The second-order valence-electron chi connectivity index (χ2n) is 7.10. The van der Waals surface area contributed by atoms with E-state index in [0.717, 1.165) is 28.0 Å². The average Bonchev–Trinajstić information content (AvgIpc) is 3.47. The largest absolute Gasteiger partial charge is 0.477 e. The maximum absolute atomic E-state index is 12.9. The molecule has 1 unspecified atom stereocenters. The normalized spacial score (nSPS) is 20.1. The van der Waals surface area contributed by atoms with E-state index in [2.05, 4.69) is 15.5 Å². The highest BCUT2D eigenvalue weighted by Gasteiger charge is 2.54. The minimum atomic E-state index is -1.30. The van der Waals surface area contributed by atoms with Crippen LogP contribution in [0.4, 0.5) is 5.13 Å². The summed E-state index contributed by atoms with van der Waals surface area (Å²) in [5, 5.41) is 25.5. The molecule has 16 heteroatoms. The van der Waals surface area contributed by atoms with Gasteiger partial charge in [-0.2, -0.15) is 0 Å². The smallest absolute Gasteiger partial charge is 0.353 e. The lowest BCUT2D eigenvalue weighted by Gasteiger charge is -2.49. The fraction of sp³-hybridized carbons (Fsp3) is 0.158. The molecule has 5 N–H and O–H groups in total. The molecule has 1 fully saturated rings. The molecule has 1 saturated heterocycles. The molecule has 0 radical (unpaired) electrons. The van der Waals surface area contributed by atoms with Gasteiger partial charge in [0.15, 0.2) is 16.4 Å². The molecule has 0 aromatic carbocycles. The number of hydrogen-bond donors (Lipinski definition) is 4. The molecule has 2 aliphatic heterocycles. The van der Waals surface area contributed by atoms with Crippen molar-refractivity contribution in [3.8, 4) is 0 Å². The predicted octanol–water partition coefficient (Wildman–Crippen LogP) is 1.56. The van der Waals surface area contributed by atoms with Crippen molar-refractivity contribution >= 4 is 85.1 Å². The number of nitrogens with zero attached hydrogens (tertiary/aromatic N) is 3. The Morgan fingerprint density at radius 2 is 2.17 bits per heavy atom. The number of nitrogen functional groups attached to an aromatic ring is 1. The van der Waals surface area contributed by atoms with Crippen LogP contribution in [0.15, 0.2) is 53.0 Å². The van der Waals surface area contributed by atoms with Crippen LogP contribution >= 0.6 is 46.2 Å². The van der Waals surface area contributed by atoms with Crippen molar-refractivity contribution in [3.05, 3.63) is 50.3 Å². The zero-order valence-corrected chi connectivity index (χ0v) is 20.4. The Bertz CT molecular complexity index is 1510. The van der Waals surface area contributed by atoms with Crippen molar-refractivity contribution in [2.75, 3.05) is 11.5 Å². The lowest BCUT2D eigenvalue weighted by Crippen LogP contribution is -2.71. The first-order valence-electron chi connectivity index (χ1n) is 9.63. The minimum Gasteiger partial charge on any atom is -0.477 e. The summed E-state index contributed by atoms with van der Waals surface area (Å²) >= 11 is 4.68. The van der Waals surface area contributed by atoms with Gasteiger partial charge in [0, 0.05) is 22.1 Å². The standard InChI is InChI=1S/C19H13N5O7S4/c20-19-21-6(4-33-19)11(23-30)15(26)22-12-16(27)24-13(18(28)29)9(5-32-17(12)24)35-10-3-7(25)14-8(34-10)1-2-31-14/h1-4,12,17,30H,5H2,(H2,20,21)(H,22,26)(H,28,29)/b23-11+/t12?,17-/m1/s1. The molecule has 5 rings (SSSR count). The molecular formula is C19H13N5O7S4. The summed E-state index contributed by atoms with van der Waals surface area (Å²) in [5.74, 6) is -2.54. The Morgan fingerprint density at radius 3 is 2.86 bits per heavy atom. The molecule has 0 aliphatic carbocycles. The van der Waals surface area contributed by atoms with Crippen molar-refractivity contribution in [2.24, 2.45) is 5.16 Å². The Morgan fingerprint density at radius 1 is 1.37 bits per heavy atom. The number of anilines is 1. The Balaban J connectivity index is 1.37. The van der Waals surface area contributed by atoms with Crippen molar-refractivity contribution in [3.63, 3.8) is 0 Å². The number of fused-ring (bicyclic) bond motifs is 2. The summed E-state index contributed by atoms with van der Waals surface area (Å²) in [5.41, 5.74) is 4.88. The third-order valence-corrected chi connectivity index (χ3v) is 9.44. The van der Waals surface area contributed by atoms with Gasteiger partial charge in [-0.1, -0.05) is 16.9 Å². The Hall–Kier alpha value is -3.34. The summed E-state index contributed by atoms with van der Waals surface area (Å²) in [6.45, 7) is 0. The summed E-state index contributed by atoms with van der Waals surface area (Å²) in [4.78, 5) is 55.2. The molecule has 0 spiro atoms. The number of rotatable bonds is 6. The third kappa shape index (κ3) is 4.07. The van der Waals surface area contributed by atoms with Crippen LogP contribution in [0.2, 0.25) is 0 Å². The highest BCUT2D eigenvalue weighted by atomic mass is 32.2. The molecule has 2 amide bonds. The van der Waals surface area contributed by atoms with Crippen molar-refractivity contribution in [2.45, 2.75) is 15.6 Å². The number of nitrogens with two attached hydrogens (primary N) is 1. The van der Waals surface area contributed by atoms with Crippen LogP contribution in [0.5, 0.6) is 0 Å². The number of aromatic nitrogens is 1. The monoisotopic (exact) mass is 551 g/mol. The van der Waals surface area contributed by atoms with Crippen LogP contribution in [-0.2, 0) is 14.4 Å². The molecule has 0 saturated carbocycles. The van der Waals surface area contributed by atoms with Gasteiger partial charge in [-0.15, -0.1) is 34.4 Å². The highest BCUT2D eigenvalue weighted by Crippen LogP contribution is 2.46. The number of carbonyl (C=O) groups is 3. The van der Waals surface area contributed by atoms with E-state index >= 15 is 0 Å². The molecule has 35 heavy (non-hydrogen) atoms. The number of thiazole rings is 1. The van der Waals surface area contributed by atoms with Crippen LogP contribution in [0.25, 0.3) is 10.3 Å². The van der Waals surface area contributed by atoms with Crippen LogP contribution in [0, 0.1) is 0 Å². The Kier molecular flexibility index (Phi) is 6.04. The van der Waals surface area contributed by atoms with Gasteiger partial charge in [0.1, 0.15) is 22.8 Å². The number of nitrogens with one attached hydrogen (secondary N) is 1. The van der Waals surface area contributed by atoms with Gasteiger partial charge in [0.2, 0.25) is 5.43 Å². The summed E-state index contributed by atoms with van der Waals surface area (Å²) in [7, 11) is 0. The van der Waals surface area contributed by atoms with Crippen molar-refractivity contribution in [1.29, 1.82) is 0 Å². The molecule has 3 aromatic rings. The van der Waals surface area contributed by atoms with E-state index < -0.39 is 34.9 Å². The third-order valence-electron chi connectivity index (χ3n) is 5.04.